The molecule has 3 aromatic rings. The largest absolute Gasteiger partial charge is 0.477 e. The fourth-order valence-electron chi connectivity index (χ4n) is 2.29. The van der Waals surface area contributed by atoms with Crippen LogP contribution in [0.25, 0.3) is 11.0 Å². The van der Waals surface area contributed by atoms with Crippen LogP contribution in [0.4, 0.5) is 0 Å². The van der Waals surface area contributed by atoms with Crippen molar-refractivity contribution >= 4 is 17.0 Å². The van der Waals surface area contributed by atoms with Crippen molar-refractivity contribution in [1.82, 2.24) is 15.2 Å². The second-order valence-corrected chi connectivity index (χ2v) is 4.43. The summed E-state index contributed by atoms with van der Waals surface area (Å²) in [5.74, 6) is -0.937. The summed E-state index contributed by atoms with van der Waals surface area (Å²) in [6.45, 7) is 0. The number of aromatic nitrogens is 3. The zero-order valence-corrected chi connectivity index (χ0v) is 10.2. The lowest BCUT2D eigenvalue weighted by Gasteiger charge is -2.02. The molecule has 0 unspecified atom stereocenters. The second kappa shape index (κ2) is 4.61. The van der Waals surface area contributed by atoms with Crippen LogP contribution < -0.4 is 0 Å². The lowest BCUT2D eigenvalue weighted by Crippen LogP contribution is -2.03. The van der Waals surface area contributed by atoms with Gasteiger partial charge in [0.15, 0.2) is 0 Å². The molecule has 0 aliphatic rings. The molecular formula is C14H13N3O2. The molecule has 1 aromatic carbocycles. The fourth-order valence-corrected chi connectivity index (χ4v) is 2.29. The molecule has 0 aliphatic heterocycles. The molecule has 96 valence electrons. The average molecular weight is 255 g/mol. The maximum absolute atomic E-state index is 11.2. The van der Waals surface area contributed by atoms with Gasteiger partial charge in [0.1, 0.15) is 5.69 Å². The van der Waals surface area contributed by atoms with Crippen molar-refractivity contribution < 1.29 is 9.90 Å². The minimum Gasteiger partial charge on any atom is -0.477 e. The van der Waals surface area contributed by atoms with Crippen LogP contribution in [0, 0.1) is 0 Å². The number of nitrogens with one attached hydrogen (secondary N) is 2. The van der Waals surface area contributed by atoms with E-state index in [4.69, 9.17) is 0 Å². The van der Waals surface area contributed by atoms with Gasteiger partial charge in [-0.3, -0.25) is 5.10 Å². The highest BCUT2D eigenvalue weighted by molar-refractivity contribution is 5.95. The molecule has 0 radical (unpaired) electrons. The number of hydrogen-bond acceptors (Lipinski definition) is 2. The smallest absolute Gasteiger partial charge is 0.352 e. The fraction of sp³-hybridized carbons (Fsp3) is 0.143. The molecule has 0 fully saturated rings. The van der Waals surface area contributed by atoms with Gasteiger partial charge in [-0.2, -0.15) is 5.10 Å². The van der Waals surface area contributed by atoms with E-state index in [9.17, 15) is 9.90 Å². The molecule has 2 heterocycles. The van der Waals surface area contributed by atoms with E-state index in [1.807, 2.05) is 30.3 Å². The maximum Gasteiger partial charge on any atom is 0.352 e. The van der Waals surface area contributed by atoms with Crippen LogP contribution in [-0.4, -0.2) is 26.3 Å². The molecule has 0 atom stereocenters. The van der Waals surface area contributed by atoms with E-state index < -0.39 is 5.97 Å². The number of aromatic carboxylic acids is 1. The Bertz CT molecular complexity index is 713. The minimum atomic E-state index is -0.937. The lowest BCUT2D eigenvalue weighted by molar-refractivity contribution is 0.0690. The first-order valence-electron chi connectivity index (χ1n) is 6.07. The van der Waals surface area contributed by atoms with Crippen LogP contribution in [-0.2, 0) is 12.8 Å². The first-order valence-corrected chi connectivity index (χ1v) is 6.07. The summed E-state index contributed by atoms with van der Waals surface area (Å²) in [5.41, 5.74) is 3.74. The van der Waals surface area contributed by atoms with Crippen molar-refractivity contribution in [2.75, 3.05) is 0 Å². The molecule has 5 heteroatoms. The standard InChI is InChI=1S/C14H13N3O2/c18-14(19)13-10(12-11(16-13)8-15-17-12)7-6-9-4-2-1-3-5-9/h1-5,8,16H,6-7H2,(H,15,17)(H,18,19). The van der Waals surface area contributed by atoms with Gasteiger partial charge in [-0.1, -0.05) is 30.3 Å². The van der Waals surface area contributed by atoms with Crippen LogP contribution in [0.2, 0.25) is 0 Å². The van der Waals surface area contributed by atoms with E-state index in [0.717, 1.165) is 23.0 Å². The molecule has 3 rings (SSSR count). The monoisotopic (exact) mass is 255 g/mol. The van der Waals surface area contributed by atoms with Crippen molar-refractivity contribution in [2.24, 2.45) is 0 Å². The highest BCUT2D eigenvalue weighted by atomic mass is 16.4. The zero-order valence-electron chi connectivity index (χ0n) is 10.2. The lowest BCUT2D eigenvalue weighted by atomic mass is 10.0. The summed E-state index contributed by atoms with van der Waals surface area (Å²) in [6.07, 6.45) is 3.06. The van der Waals surface area contributed by atoms with Crippen molar-refractivity contribution in [3.8, 4) is 0 Å². The van der Waals surface area contributed by atoms with E-state index in [1.54, 1.807) is 6.20 Å². The van der Waals surface area contributed by atoms with Crippen LogP contribution in [0.1, 0.15) is 21.6 Å². The highest BCUT2D eigenvalue weighted by Crippen LogP contribution is 2.22. The number of aromatic amines is 2. The summed E-state index contributed by atoms with van der Waals surface area (Å²) < 4.78 is 0. The number of carboxylic acids is 1. The molecule has 3 N–H and O–H groups in total. The number of rotatable bonds is 4. The number of nitrogens with zero attached hydrogens (tertiary/aromatic N) is 1. The predicted octanol–water partition coefficient (Wildman–Crippen LogP) is 2.37. The third-order valence-electron chi connectivity index (χ3n) is 3.22. The van der Waals surface area contributed by atoms with E-state index in [0.29, 0.717) is 6.42 Å². The van der Waals surface area contributed by atoms with Crippen LogP contribution in [0.5, 0.6) is 0 Å². The van der Waals surface area contributed by atoms with E-state index in [2.05, 4.69) is 15.2 Å². The Labute approximate surface area is 109 Å². The van der Waals surface area contributed by atoms with Crippen molar-refractivity contribution in [3.05, 3.63) is 53.3 Å². The van der Waals surface area contributed by atoms with Gasteiger partial charge in [0.05, 0.1) is 17.2 Å². The second-order valence-electron chi connectivity index (χ2n) is 4.43. The Morgan fingerprint density at radius 1 is 1.21 bits per heavy atom. The summed E-state index contributed by atoms with van der Waals surface area (Å²) in [5, 5.41) is 16.0. The van der Waals surface area contributed by atoms with Crippen LogP contribution in [0.3, 0.4) is 0 Å². The van der Waals surface area contributed by atoms with Gasteiger partial charge in [-0.15, -0.1) is 0 Å². The Morgan fingerprint density at radius 3 is 2.74 bits per heavy atom. The molecule has 5 nitrogen and oxygen atoms in total. The number of carboxylic acid groups (broad SMARTS) is 1. The van der Waals surface area contributed by atoms with Gasteiger partial charge in [-0.25, -0.2) is 4.79 Å². The Morgan fingerprint density at radius 2 is 2.00 bits per heavy atom. The molecule has 0 bridgehead atoms. The number of benzene rings is 1. The maximum atomic E-state index is 11.2. The zero-order chi connectivity index (χ0) is 13.2. The van der Waals surface area contributed by atoms with Gasteiger partial charge in [-0.05, 0) is 18.4 Å². The van der Waals surface area contributed by atoms with Gasteiger partial charge in [0.2, 0.25) is 0 Å². The Hall–Kier alpha value is -2.56. The molecule has 0 saturated heterocycles. The third kappa shape index (κ3) is 2.10. The van der Waals surface area contributed by atoms with Crippen LogP contribution in [0.15, 0.2) is 36.5 Å². The molecule has 0 saturated carbocycles. The molecule has 2 aromatic heterocycles. The molecular weight excluding hydrogens is 242 g/mol. The van der Waals surface area contributed by atoms with Gasteiger partial charge in [0.25, 0.3) is 0 Å². The van der Waals surface area contributed by atoms with Crippen molar-refractivity contribution in [2.45, 2.75) is 12.8 Å². The number of H-pyrrole nitrogens is 2. The summed E-state index contributed by atoms with van der Waals surface area (Å²) in [4.78, 5) is 14.1. The van der Waals surface area contributed by atoms with Crippen molar-refractivity contribution in [1.29, 1.82) is 0 Å². The molecule has 0 spiro atoms. The van der Waals surface area contributed by atoms with Gasteiger partial charge in [0, 0.05) is 5.56 Å². The van der Waals surface area contributed by atoms with Gasteiger partial charge >= 0.3 is 5.97 Å². The minimum absolute atomic E-state index is 0.250. The van der Waals surface area contributed by atoms with E-state index in [1.165, 1.54) is 5.56 Å². The Kier molecular flexibility index (Phi) is 2.79. The van der Waals surface area contributed by atoms with E-state index >= 15 is 0 Å². The number of hydrogen-bond donors (Lipinski definition) is 3. The molecule has 19 heavy (non-hydrogen) atoms. The Balaban J connectivity index is 1.92. The summed E-state index contributed by atoms with van der Waals surface area (Å²) in [6, 6.07) is 10.0. The summed E-state index contributed by atoms with van der Waals surface area (Å²) in [7, 11) is 0. The average Bonchev–Trinajstić information content (AvgIpc) is 2.98. The quantitative estimate of drug-likeness (QED) is 0.669. The highest BCUT2D eigenvalue weighted by Gasteiger charge is 2.17. The number of carbonyl (C=O) groups is 1. The molecule has 0 aliphatic carbocycles. The SMILES string of the molecule is O=C(O)c1[nH]c2cn[nH]c2c1CCc1ccccc1. The first-order chi connectivity index (χ1) is 9.25. The van der Waals surface area contributed by atoms with Gasteiger partial charge < -0.3 is 10.1 Å². The van der Waals surface area contributed by atoms with E-state index in [-0.39, 0.29) is 5.69 Å². The normalized spacial score (nSPS) is 10.9. The molecule has 0 amide bonds. The van der Waals surface area contributed by atoms with Crippen molar-refractivity contribution in [3.63, 3.8) is 0 Å². The topological polar surface area (TPSA) is 81.8 Å². The number of aryl methyl sites for hydroxylation is 2. The summed E-state index contributed by atoms with van der Waals surface area (Å²) >= 11 is 0. The van der Waals surface area contributed by atoms with Crippen LogP contribution >= 0.6 is 0 Å². The number of fused-ring (bicyclic) bond motifs is 1. The third-order valence-corrected chi connectivity index (χ3v) is 3.22. The predicted molar refractivity (Wildman–Crippen MR) is 71.3 cm³/mol. The first kappa shape index (κ1) is 11.5.